The molecule has 0 fully saturated rings. The number of methoxy groups -OCH3 is 1. The van der Waals surface area contributed by atoms with Crippen molar-refractivity contribution >= 4 is 21.9 Å². The molecule has 4 nitrogen and oxygen atoms in total. The summed E-state index contributed by atoms with van der Waals surface area (Å²) in [5.74, 6) is 0.511. The van der Waals surface area contributed by atoms with Crippen molar-refractivity contribution in [2.45, 2.75) is 12.3 Å². The molecule has 0 bridgehead atoms. The van der Waals surface area contributed by atoms with Crippen molar-refractivity contribution < 1.29 is 19.4 Å². The molecule has 0 aromatic heterocycles. The number of carbonyl (C=O) groups is 1. The third-order valence-electron chi connectivity index (χ3n) is 2.60. The van der Waals surface area contributed by atoms with Crippen LogP contribution >= 0.6 is 15.9 Å². The van der Waals surface area contributed by atoms with Crippen molar-refractivity contribution in [3.8, 4) is 11.5 Å². The third kappa shape index (κ3) is 2.00. The molecule has 86 valence electrons. The number of fused-ring (bicyclic) bond motifs is 1. The summed E-state index contributed by atoms with van der Waals surface area (Å²) in [6.07, 6.45) is 0.292. The van der Waals surface area contributed by atoms with E-state index in [0.717, 1.165) is 5.56 Å². The van der Waals surface area contributed by atoms with Crippen molar-refractivity contribution in [2.75, 3.05) is 13.7 Å². The van der Waals surface area contributed by atoms with Gasteiger partial charge in [0, 0.05) is 17.5 Å². The van der Waals surface area contributed by atoms with E-state index >= 15 is 0 Å². The van der Waals surface area contributed by atoms with Crippen LogP contribution in [0.4, 0.5) is 0 Å². The maximum absolute atomic E-state index is 11.2. The number of ether oxygens (including phenoxy) is 2. The van der Waals surface area contributed by atoms with Gasteiger partial charge in [-0.3, -0.25) is 4.79 Å². The van der Waals surface area contributed by atoms with E-state index < -0.39 is 0 Å². The number of halogens is 1. The van der Waals surface area contributed by atoms with E-state index in [-0.39, 0.29) is 17.6 Å². The number of phenols is 1. The summed E-state index contributed by atoms with van der Waals surface area (Å²) < 4.78 is 10.6. The topological polar surface area (TPSA) is 55.8 Å². The average Bonchev–Trinajstić information content (AvgIpc) is 2.62. The molecule has 0 amide bonds. The van der Waals surface area contributed by atoms with Crippen LogP contribution in [0.5, 0.6) is 11.5 Å². The highest BCUT2D eigenvalue weighted by atomic mass is 79.9. The standard InChI is InChI=1S/C11H11BrO4/c1-15-11(14)2-6-5-16-10-4-9(13)8(12)3-7(6)10/h3-4,6,13H,2,5H2,1H3. The Morgan fingerprint density at radius 2 is 2.44 bits per heavy atom. The first kappa shape index (κ1) is 11.3. The molecule has 2 rings (SSSR count). The molecule has 1 N–H and O–H groups in total. The lowest BCUT2D eigenvalue weighted by molar-refractivity contribution is -0.141. The number of benzene rings is 1. The van der Waals surface area contributed by atoms with Crippen LogP contribution in [0, 0.1) is 0 Å². The van der Waals surface area contributed by atoms with Gasteiger partial charge >= 0.3 is 5.97 Å². The Kier molecular flexibility index (Phi) is 3.05. The maximum Gasteiger partial charge on any atom is 0.306 e. The molecule has 0 radical (unpaired) electrons. The Morgan fingerprint density at radius 1 is 1.69 bits per heavy atom. The largest absolute Gasteiger partial charge is 0.507 e. The first-order valence-corrected chi connectivity index (χ1v) is 5.63. The van der Waals surface area contributed by atoms with E-state index in [1.807, 2.05) is 0 Å². The maximum atomic E-state index is 11.2. The van der Waals surface area contributed by atoms with Gasteiger partial charge in [0.1, 0.15) is 11.5 Å². The summed E-state index contributed by atoms with van der Waals surface area (Å²) in [6.45, 7) is 0.445. The second-order valence-electron chi connectivity index (χ2n) is 3.63. The van der Waals surface area contributed by atoms with Gasteiger partial charge in [-0.05, 0) is 22.0 Å². The zero-order valence-electron chi connectivity index (χ0n) is 8.70. The second-order valence-corrected chi connectivity index (χ2v) is 4.48. The highest BCUT2D eigenvalue weighted by molar-refractivity contribution is 9.10. The van der Waals surface area contributed by atoms with E-state index in [0.29, 0.717) is 23.2 Å². The van der Waals surface area contributed by atoms with Gasteiger partial charge in [0.25, 0.3) is 0 Å². The molecular weight excluding hydrogens is 276 g/mol. The Morgan fingerprint density at radius 3 is 3.12 bits per heavy atom. The minimum absolute atomic E-state index is 0.000602. The first-order chi connectivity index (χ1) is 7.61. The molecule has 5 heteroatoms. The van der Waals surface area contributed by atoms with Crippen LogP contribution in [0.2, 0.25) is 0 Å². The average molecular weight is 287 g/mol. The molecule has 1 unspecified atom stereocenters. The highest BCUT2D eigenvalue weighted by Gasteiger charge is 2.27. The summed E-state index contributed by atoms with van der Waals surface area (Å²) in [5.41, 5.74) is 0.926. The number of hydrogen-bond donors (Lipinski definition) is 1. The minimum Gasteiger partial charge on any atom is -0.507 e. The molecule has 0 aliphatic carbocycles. The second kappa shape index (κ2) is 4.33. The quantitative estimate of drug-likeness (QED) is 0.847. The molecule has 0 spiro atoms. The molecule has 16 heavy (non-hydrogen) atoms. The smallest absolute Gasteiger partial charge is 0.306 e. The summed E-state index contributed by atoms with van der Waals surface area (Å²) >= 11 is 3.24. The fraction of sp³-hybridized carbons (Fsp3) is 0.364. The molecule has 0 saturated carbocycles. The number of aromatic hydroxyl groups is 1. The Bertz CT molecular complexity index is 430. The molecule has 1 atom stereocenters. The van der Waals surface area contributed by atoms with E-state index in [4.69, 9.17) is 4.74 Å². The first-order valence-electron chi connectivity index (χ1n) is 4.84. The van der Waals surface area contributed by atoms with Gasteiger partial charge in [-0.2, -0.15) is 0 Å². The van der Waals surface area contributed by atoms with Crippen LogP contribution in [0.25, 0.3) is 0 Å². The number of hydrogen-bond acceptors (Lipinski definition) is 4. The highest BCUT2D eigenvalue weighted by Crippen LogP contribution is 2.41. The molecule has 1 heterocycles. The van der Waals surface area contributed by atoms with Gasteiger partial charge in [0.2, 0.25) is 0 Å². The minimum atomic E-state index is -0.259. The van der Waals surface area contributed by atoms with Gasteiger partial charge in [-0.1, -0.05) is 0 Å². The predicted molar refractivity (Wildman–Crippen MR) is 60.7 cm³/mol. The summed E-state index contributed by atoms with van der Waals surface area (Å²) in [5, 5.41) is 9.48. The SMILES string of the molecule is COC(=O)CC1COc2cc(O)c(Br)cc21. The lowest BCUT2D eigenvalue weighted by Crippen LogP contribution is -2.09. The van der Waals surface area contributed by atoms with Crippen LogP contribution in [0.3, 0.4) is 0 Å². The molecule has 0 saturated heterocycles. The number of phenolic OH excluding ortho intramolecular Hbond substituents is 1. The summed E-state index contributed by atoms with van der Waals surface area (Å²) in [6, 6.07) is 3.34. The Labute approximate surface area is 101 Å². The lowest BCUT2D eigenvalue weighted by Gasteiger charge is -2.07. The van der Waals surface area contributed by atoms with Crippen molar-refractivity contribution in [3.63, 3.8) is 0 Å². The van der Waals surface area contributed by atoms with Crippen LogP contribution in [-0.4, -0.2) is 24.8 Å². The van der Waals surface area contributed by atoms with Crippen LogP contribution < -0.4 is 4.74 Å². The van der Waals surface area contributed by atoms with E-state index in [1.165, 1.54) is 7.11 Å². The Balaban J connectivity index is 2.25. The zero-order chi connectivity index (χ0) is 11.7. The van der Waals surface area contributed by atoms with Crippen molar-refractivity contribution in [1.82, 2.24) is 0 Å². The van der Waals surface area contributed by atoms with Crippen molar-refractivity contribution in [2.24, 2.45) is 0 Å². The van der Waals surface area contributed by atoms with Gasteiger partial charge < -0.3 is 14.6 Å². The zero-order valence-corrected chi connectivity index (χ0v) is 10.3. The molecule has 1 aliphatic rings. The molecule has 1 aliphatic heterocycles. The predicted octanol–water partition coefficient (Wildman–Crippen LogP) is 2.19. The molecule has 1 aromatic rings. The van der Waals surface area contributed by atoms with Gasteiger partial charge in [-0.25, -0.2) is 0 Å². The fourth-order valence-electron chi connectivity index (χ4n) is 1.74. The third-order valence-corrected chi connectivity index (χ3v) is 3.23. The summed E-state index contributed by atoms with van der Waals surface area (Å²) in [7, 11) is 1.37. The Hall–Kier alpha value is -1.23. The molecule has 1 aromatic carbocycles. The number of carbonyl (C=O) groups excluding carboxylic acids is 1. The van der Waals surface area contributed by atoms with E-state index in [2.05, 4.69) is 20.7 Å². The van der Waals surface area contributed by atoms with Gasteiger partial charge in [0.15, 0.2) is 0 Å². The molecular formula is C11H11BrO4. The summed E-state index contributed by atoms with van der Waals surface area (Å²) in [4.78, 5) is 11.2. The number of esters is 1. The normalized spacial score (nSPS) is 17.8. The van der Waals surface area contributed by atoms with Crippen LogP contribution in [0.1, 0.15) is 17.9 Å². The van der Waals surface area contributed by atoms with Crippen molar-refractivity contribution in [3.05, 3.63) is 22.2 Å². The van der Waals surface area contributed by atoms with E-state index in [1.54, 1.807) is 12.1 Å². The van der Waals surface area contributed by atoms with E-state index in [9.17, 15) is 9.90 Å². The van der Waals surface area contributed by atoms with Gasteiger partial charge in [-0.15, -0.1) is 0 Å². The van der Waals surface area contributed by atoms with Crippen LogP contribution in [-0.2, 0) is 9.53 Å². The number of rotatable bonds is 2. The van der Waals surface area contributed by atoms with Crippen molar-refractivity contribution in [1.29, 1.82) is 0 Å². The fourth-order valence-corrected chi connectivity index (χ4v) is 2.10. The van der Waals surface area contributed by atoms with Gasteiger partial charge in [0.05, 0.1) is 24.6 Å². The monoisotopic (exact) mass is 286 g/mol. The van der Waals surface area contributed by atoms with Crippen LogP contribution in [0.15, 0.2) is 16.6 Å². The lowest BCUT2D eigenvalue weighted by atomic mass is 9.98.